The molecule has 3 rings (SSSR count). The Bertz CT molecular complexity index is 824. The lowest BCUT2D eigenvalue weighted by molar-refractivity contribution is -0.202. The summed E-state index contributed by atoms with van der Waals surface area (Å²) in [5.74, 6) is -0.845. The van der Waals surface area contributed by atoms with Crippen molar-refractivity contribution in [2.45, 2.75) is 49.0 Å². The monoisotopic (exact) mass is 446 g/mol. The first-order valence-corrected chi connectivity index (χ1v) is 11.4. The van der Waals surface area contributed by atoms with Gasteiger partial charge in [0.1, 0.15) is 6.61 Å². The second-order valence-corrected chi connectivity index (χ2v) is 9.77. The molecule has 2 atom stereocenters. The highest BCUT2D eigenvalue weighted by atomic mass is 35.5. The zero-order chi connectivity index (χ0) is 21.2. The first kappa shape index (κ1) is 22.3. The summed E-state index contributed by atoms with van der Waals surface area (Å²) in [7, 11) is -0.696. The van der Waals surface area contributed by atoms with E-state index in [2.05, 4.69) is 0 Å². The summed E-state index contributed by atoms with van der Waals surface area (Å²) in [6.45, 7) is 2.76. The van der Waals surface area contributed by atoms with Crippen LogP contribution in [0.4, 0.5) is 4.79 Å². The molecular formula is C19H27ClN2O6S. The summed E-state index contributed by atoms with van der Waals surface area (Å²) in [4.78, 5) is 13.4. The number of benzene rings is 1. The number of nitrogens with zero attached hydrogens (tertiary/aromatic N) is 2. The average Bonchev–Trinajstić information content (AvgIpc) is 3.12. The Hall–Kier alpha value is -1.39. The molecule has 0 bridgehead atoms. The minimum absolute atomic E-state index is 0.0885. The van der Waals surface area contributed by atoms with E-state index in [0.29, 0.717) is 31.1 Å². The van der Waals surface area contributed by atoms with E-state index >= 15 is 0 Å². The fourth-order valence-electron chi connectivity index (χ4n) is 3.89. The van der Waals surface area contributed by atoms with Crippen molar-refractivity contribution in [2.24, 2.45) is 0 Å². The maximum atomic E-state index is 13.5. The molecule has 2 fully saturated rings. The molecule has 2 aliphatic heterocycles. The Morgan fingerprint density at radius 2 is 1.79 bits per heavy atom. The molecule has 29 heavy (non-hydrogen) atoms. The molecule has 1 aromatic rings. The van der Waals surface area contributed by atoms with Crippen LogP contribution in [0.5, 0.6) is 0 Å². The molecule has 162 valence electrons. The Morgan fingerprint density at radius 3 is 2.34 bits per heavy atom. The average molecular weight is 447 g/mol. The van der Waals surface area contributed by atoms with Crippen LogP contribution in [0.25, 0.3) is 0 Å². The maximum absolute atomic E-state index is 13.5. The van der Waals surface area contributed by atoms with E-state index in [-0.39, 0.29) is 24.0 Å². The Kier molecular flexibility index (Phi) is 6.74. The zero-order valence-corrected chi connectivity index (χ0v) is 18.4. The van der Waals surface area contributed by atoms with Gasteiger partial charge in [-0.1, -0.05) is 18.5 Å². The van der Waals surface area contributed by atoms with E-state index in [1.54, 1.807) is 26.2 Å². The van der Waals surface area contributed by atoms with Crippen molar-refractivity contribution in [3.05, 3.63) is 29.3 Å². The lowest BCUT2D eigenvalue weighted by Gasteiger charge is -2.47. The van der Waals surface area contributed by atoms with Crippen molar-refractivity contribution >= 4 is 27.7 Å². The summed E-state index contributed by atoms with van der Waals surface area (Å²) in [5, 5.41) is 0.456. The van der Waals surface area contributed by atoms with E-state index < -0.39 is 27.9 Å². The summed E-state index contributed by atoms with van der Waals surface area (Å²) >= 11 is 5.92. The molecule has 8 nitrogen and oxygen atoms in total. The third-order valence-corrected chi connectivity index (χ3v) is 7.52. The minimum Gasteiger partial charge on any atom is -0.448 e. The van der Waals surface area contributed by atoms with Crippen LogP contribution < -0.4 is 0 Å². The van der Waals surface area contributed by atoms with E-state index in [4.69, 9.17) is 25.8 Å². The predicted molar refractivity (Wildman–Crippen MR) is 107 cm³/mol. The minimum atomic E-state index is -3.84. The maximum Gasteiger partial charge on any atom is 0.409 e. The number of piperidine rings is 1. The largest absolute Gasteiger partial charge is 0.448 e. The lowest BCUT2D eigenvalue weighted by atomic mass is 9.91. The van der Waals surface area contributed by atoms with Crippen LogP contribution >= 0.6 is 11.6 Å². The second-order valence-electron chi connectivity index (χ2n) is 7.49. The number of hydrogen-bond donors (Lipinski definition) is 0. The van der Waals surface area contributed by atoms with E-state index in [0.717, 1.165) is 0 Å². The fourth-order valence-corrected chi connectivity index (χ4v) is 5.88. The fraction of sp³-hybridized carbons (Fsp3) is 0.632. The molecular weight excluding hydrogens is 420 g/mol. The van der Waals surface area contributed by atoms with E-state index in [1.165, 1.54) is 21.3 Å². The molecule has 1 aromatic carbocycles. The van der Waals surface area contributed by atoms with Gasteiger partial charge in [0.25, 0.3) is 0 Å². The summed E-state index contributed by atoms with van der Waals surface area (Å²) in [6.07, 6.45) is 0.750. The van der Waals surface area contributed by atoms with Gasteiger partial charge in [-0.25, -0.2) is 13.2 Å². The molecule has 2 saturated heterocycles. The van der Waals surface area contributed by atoms with Gasteiger partial charge < -0.3 is 19.1 Å². The molecule has 10 heteroatoms. The van der Waals surface area contributed by atoms with Crippen molar-refractivity contribution < 1.29 is 27.4 Å². The molecule has 0 saturated carbocycles. The highest BCUT2D eigenvalue weighted by molar-refractivity contribution is 7.89. The van der Waals surface area contributed by atoms with Gasteiger partial charge in [0, 0.05) is 38.0 Å². The molecule has 1 spiro atoms. The SMILES string of the molecule is CCC1CC2(CC(COC(=O)N(C)C)N1S(=O)(=O)c1ccc(Cl)cc1)OCCO2. The number of carbonyl (C=O) groups excluding carboxylic acids is 1. The van der Waals surface area contributed by atoms with Crippen LogP contribution in [0.2, 0.25) is 5.02 Å². The quantitative estimate of drug-likeness (QED) is 0.691. The molecule has 2 unspecified atom stereocenters. The van der Waals surface area contributed by atoms with Crippen LogP contribution in [0.1, 0.15) is 26.2 Å². The Morgan fingerprint density at radius 1 is 1.21 bits per heavy atom. The first-order valence-electron chi connectivity index (χ1n) is 9.59. The smallest absolute Gasteiger partial charge is 0.409 e. The van der Waals surface area contributed by atoms with Gasteiger partial charge in [-0.3, -0.25) is 0 Å². The first-order chi connectivity index (χ1) is 13.7. The normalized spacial score (nSPS) is 24.6. The topological polar surface area (TPSA) is 85.4 Å². The second kappa shape index (κ2) is 8.77. The summed E-state index contributed by atoms with van der Waals surface area (Å²) in [6, 6.07) is 5.10. The number of halogens is 1. The number of rotatable bonds is 5. The van der Waals surface area contributed by atoms with Gasteiger partial charge in [-0.15, -0.1) is 0 Å². The van der Waals surface area contributed by atoms with E-state index in [9.17, 15) is 13.2 Å². The van der Waals surface area contributed by atoms with Crippen molar-refractivity contribution in [1.82, 2.24) is 9.21 Å². The van der Waals surface area contributed by atoms with Gasteiger partial charge in [-0.2, -0.15) is 4.31 Å². The van der Waals surface area contributed by atoms with Gasteiger partial charge >= 0.3 is 6.09 Å². The van der Waals surface area contributed by atoms with Crippen molar-refractivity contribution in [3.8, 4) is 0 Å². The Labute approximate surface area is 176 Å². The number of sulfonamides is 1. The molecule has 1 amide bonds. The molecule has 0 N–H and O–H groups in total. The number of ether oxygens (including phenoxy) is 3. The van der Waals surface area contributed by atoms with Crippen LogP contribution in [-0.4, -0.2) is 75.5 Å². The third-order valence-electron chi connectivity index (χ3n) is 5.25. The third kappa shape index (κ3) is 4.69. The summed E-state index contributed by atoms with van der Waals surface area (Å²) in [5.41, 5.74) is 0. The van der Waals surface area contributed by atoms with Crippen LogP contribution in [0, 0.1) is 0 Å². The molecule has 2 aliphatic rings. The lowest BCUT2D eigenvalue weighted by Crippen LogP contribution is -2.59. The van der Waals surface area contributed by atoms with Gasteiger partial charge in [0.15, 0.2) is 5.79 Å². The van der Waals surface area contributed by atoms with Crippen molar-refractivity contribution in [2.75, 3.05) is 33.9 Å². The molecule has 2 heterocycles. The van der Waals surface area contributed by atoms with Crippen LogP contribution in [0.15, 0.2) is 29.2 Å². The highest BCUT2D eigenvalue weighted by Crippen LogP contribution is 2.41. The predicted octanol–water partition coefficient (Wildman–Crippen LogP) is 2.71. The van der Waals surface area contributed by atoms with Gasteiger partial charge in [0.05, 0.1) is 24.2 Å². The number of hydrogen-bond acceptors (Lipinski definition) is 6. The molecule has 0 radical (unpaired) electrons. The van der Waals surface area contributed by atoms with Gasteiger partial charge in [-0.05, 0) is 30.7 Å². The number of amides is 1. The van der Waals surface area contributed by atoms with Gasteiger partial charge in [0.2, 0.25) is 10.0 Å². The summed E-state index contributed by atoms with van der Waals surface area (Å²) < 4.78 is 45.6. The number of carbonyl (C=O) groups is 1. The van der Waals surface area contributed by atoms with E-state index in [1.807, 2.05) is 6.92 Å². The van der Waals surface area contributed by atoms with Crippen molar-refractivity contribution in [1.29, 1.82) is 0 Å². The van der Waals surface area contributed by atoms with Crippen molar-refractivity contribution in [3.63, 3.8) is 0 Å². The molecule has 0 aromatic heterocycles. The van der Waals surface area contributed by atoms with Crippen LogP contribution in [0.3, 0.4) is 0 Å². The standard InChI is InChI=1S/C19H27ClN2O6S/c1-4-15-11-19(27-9-10-28-19)12-16(13-26-18(23)21(2)3)22(15)29(24,25)17-7-5-14(20)6-8-17/h5-8,15-16H,4,9-13H2,1-3H3. The zero-order valence-electron chi connectivity index (χ0n) is 16.8. The Balaban J connectivity index is 1.95. The highest BCUT2D eigenvalue weighted by Gasteiger charge is 2.52. The molecule has 0 aliphatic carbocycles. The van der Waals surface area contributed by atoms with Crippen LogP contribution in [-0.2, 0) is 24.2 Å².